The van der Waals surface area contributed by atoms with Gasteiger partial charge in [0.15, 0.2) is 0 Å². The number of amides is 1. The molecule has 1 heterocycles. The van der Waals surface area contributed by atoms with Gasteiger partial charge in [-0.05, 0) is 18.2 Å². The van der Waals surface area contributed by atoms with Crippen LogP contribution < -0.4 is 5.32 Å². The Bertz CT molecular complexity index is 431. The van der Waals surface area contributed by atoms with E-state index in [-0.39, 0.29) is 11.6 Å². The van der Waals surface area contributed by atoms with E-state index in [0.29, 0.717) is 17.1 Å². The summed E-state index contributed by atoms with van der Waals surface area (Å²) in [6.45, 7) is 0. The van der Waals surface area contributed by atoms with Crippen LogP contribution >= 0.6 is 11.8 Å². The quantitative estimate of drug-likeness (QED) is 0.763. The van der Waals surface area contributed by atoms with Gasteiger partial charge in [0.2, 0.25) is 5.91 Å². The van der Waals surface area contributed by atoms with Crippen LogP contribution in [0.15, 0.2) is 23.1 Å². The monoisotopic (exact) mass is 247 g/mol. The summed E-state index contributed by atoms with van der Waals surface area (Å²) >= 11 is 1.38. The molecule has 16 heavy (non-hydrogen) atoms. The van der Waals surface area contributed by atoms with Crippen molar-refractivity contribution in [2.75, 3.05) is 11.1 Å². The largest absolute Gasteiger partial charge is 0.416 e. The standard InChI is InChI=1S/C10H8F3NOS/c11-10(12,13)6-1-2-8-7(5-6)14-9(15)3-4-16-8/h1-2,5H,3-4H2,(H,14,15). The third-order valence-electron chi connectivity index (χ3n) is 2.17. The highest BCUT2D eigenvalue weighted by atomic mass is 32.2. The molecule has 1 aliphatic rings. The molecular weight excluding hydrogens is 239 g/mol. The summed E-state index contributed by atoms with van der Waals surface area (Å²) in [6.07, 6.45) is -4.06. The van der Waals surface area contributed by atoms with Crippen molar-refractivity contribution in [2.24, 2.45) is 0 Å². The van der Waals surface area contributed by atoms with E-state index in [1.807, 2.05) is 0 Å². The van der Waals surface area contributed by atoms with Crippen LogP contribution in [0.3, 0.4) is 0 Å². The average Bonchev–Trinajstić information content (AvgIpc) is 2.35. The Labute approximate surface area is 94.2 Å². The molecule has 0 aromatic heterocycles. The molecule has 0 bridgehead atoms. The molecule has 0 fully saturated rings. The van der Waals surface area contributed by atoms with Gasteiger partial charge < -0.3 is 5.32 Å². The predicted octanol–water partition coefficient (Wildman–Crippen LogP) is 3.14. The van der Waals surface area contributed by atoms with Crippen LogP contribution in [0.2, 0.25) is 0 Å². The van der Waals surface area contributed by atoms with Crippen molar-refractivity contribution in [1.82, 2.24) is 0 Å². The van der Waals surface area contributed by atoms with Crippen LogP contribution in [0.5, 0.6) is 0 Å². The molecule has 86 valence electrons. The second kappa shape index (κ2) is 4.01. The van der Waals surface area contributed by atoms with Gasteiger partial charge in [0, 0.05) is 17.1 Å². The summed E-state index contributed by atoms with van der Waals surface area (Å²) in [7, 11) is 0. The van der Waals surface area contributed by atoms with Crippen LogP contribution in [0, 0.1) is 0 Å². The normalized spacial score (nSPS) is 16.3. The first-order valence-electron chi connectivity index (χ1n) is 4.61. The van der Waals surface area contributed by atoms with E-state index in [2.05, 4.69) is 5.32 Å². The van der Waals surface area contributed by atoms with Gasteiger partial charge in [-0.3, -0.25) is 4.79 Å². The molecule has 1 amide bonds. The number of rotatable bonds is 0. The number of hydrogen-bond donors (Lipinski definition) is 1. The van der Waals surface area contributed by atoms with Crippen molar-refractivity contribution in [3.63, 3.8) is 0 Å². The maximum Gasteiger partial charge on any atom is 0.416 e. The number of halogens is 3. The maximum absolute atomic E-state index is 12.4. The summed E-state index contributed by atoms with van der Waals surface area (Å²) in [6, 6.07) is 3.41. The zero-order valence-electron chi connectivity index (χ0n) is 8.10. The molecule has 1 aromatic rings. The first-order chi connectivity index (χ1) is 7.47. The van der Waals surface area contributed by atoms with Crippen LogP contribution in [0.25, 0.3) is 0 Å². The minimum atomic E-state index is -4.38. The Morgan fingerprint density at radius 2 is 2.06 bits per heavy atom. The Hall–Kier alpha value is -1.17. The van der Waals surface area contributed by atoms with E-state index in [4.69, 9.17) is 0 Å². The lowest BCUT2D eigenvalue weighted by Gasteiger charge is -2.11. The highest BCUT2D eigenvalue weighted by Crippen LogP contribution is 2.36. The second-order valence-corrected chi connectivity index (χ2v) is 4.49. The molecule has 0 saturated carbocycles. The third kappa shape index (κ3) is 2.32. The predicted molar refractivity (Wildman–Crippen MR) is 55.4 cm³/mol. The highest BCUT2D eigenvalue weighted by Gasteiger charge is 2.31. The van der Waals surface area contributed by atoms with E-state index in [9.17, 15) is 18.0 Å². The van der Waals surface area contributed by atoms with Crippen molar-refractivity contribution in [3.05, 3.63) is 23.8 Å². The fourth-order valence-electron chi connectivity index (χ4n) is 1.40. The van der Waals surface area contributed by atoms with E-state index >= 15 is 0 Å². The number of carbonyl (C=O) groups is 1. The lowest BCUT2D eigenvalue weighted by Crippen LogP contribution is -2.11. The minimum absolute atomic E-state index is 0.245. The molecule has 1 aliphatic heterocycles. The molecule has 0 spiro atoms. The summed E-state index contributed by atoms with van der Waals surface area (Å²) in [4.78, 5) is 11.9. The molecule has 1 N–H and O–H groups in total. The number of hydrogen-bond acceptors (Lipinski definition) is 2. The fourth-order valence-corrected chi connectivity index (χ4v) is 2.33. The Balaban J connectivity index is 2.40. The zero-order valence-corrected chi connectivity index (χ0v) is 8.91. The van der Waals surface area contributed by atoms with Crippen molar-refractivity contribution >= 4 is 23.4 Å². The molecule has 0 saturated heterocycles. The van der Waals surface area contributed by atoms with E-state index in [1.165, 1.54) is 17.8 Å². The van der Waals surface area contributed by atoms with E-state index in [1.54, 1.807) is 0 Å². The van der Waals surface area contributed by atoms with Gasteiger partial charge in [-0.15, -0.1) is 11.8 Å². The number of nitrogens with one attached hydrogen (secondary N) is 1. The van der Waals surface area contributed by atoms with Crippen LogP contribution in [0.4, 0.5) is 18.9 Å². The summed E-state index contributed by atoms with van der Waals surface area (Å²) < 4.78 is 37.3. The SMILES string of the molecule is O=C1CCSc2ccc(C(F)(F)F)cc2N1. The Kier molecular flexibility index (Phi) is 2.84. The van der Waals surface area contributed by atoms with E-state index in [0.717, 1.165) is 12.1 Å². The summed E-state index contributed by atoms with van der Waals surface area (Å²) in [5, 5.41) is 2.48. The zero-order chi connectivity index (χ0) is 11.8. The van der Waals surface area contributed by atoms with Crippen LogP contribution in [-0.4, -0.2) is 11.7 Å². The lowest BCUT2D eigenvalue weighted by atomic mass is 10.2. The van der Waals surface area contributed by atoms with Gasteiger partial charge in [0.1, 0.15) is 0 Å². The first-order valence-corrected chi connectivity index (χ1v) is 5.59. The number of carbonyl (C=O) groups excluding carboxylic acids is 1. The van der Waals surface area contributed by atoms with Gasteiger partial charge in [-0.1, -0.05) is 0 Å². The fraction of sp³-hybridized carbons (Fsp3) is 0.300. The summed E-state index contributed by atoms with van der Waals surface area (Å²) in [5.41, 5.74) is -0.489. The average molecular weight is 247 g/mol. The molecule has 6 heteroatoms. The smallest absolute Gasteiger partial charge is 0.325 e. The van der Waals surface area contributed by atoms with Crippen molar-refractivity contribution in [1.29, 1.82) is 0 Å². The molecule has 1 aromatic carbocycles. The second-order valence-electron chi connectivity index (χ2n) is 3.36. The molecule has 0 radical (unpaired) electrons. The highest BCUT2D eigenvalue weighted by molar-refractivity contribution is 7.99. The summed E-state index contributed by atoms with van der Waals surface area (Å²) in [5.74, 6) is 0.343. The molecule has 2 nitrogen and oxygen atoms in total. The van der Waals surface area contributed by atoms with Gasteiger partial charge in [0.05, 0.1) is 11.3 Å². The first kappa shape index (κ1) is 11.3. The molecule has 0 unspecified atom stereocenters. The van der Waals surface area contributed by atoms with Gasteiger partial charge >= 0.3 is 6.18 Å². The van der Waals surface area contributed by atoms with Crippen molar-refractivity contribution in [3.8, 4) is 0 Å². The van der Waals surface area contributed by atoms with Gasteiger partial charge in [0.25, 0.3) is 0 Å². The number of alkyl halides is 3. The Morgan fingerprint density at radius 1 is 1.31 bits per heavy atom. The van der Waals surface area contributed by atoms with Crippen molar-refractivity contribution in [2.45, 2.75) is 17.5 Å². The third-order valence-corrected chi connectivity index (χ3v) is 3.24. The molecular formula is C10H8F3NOS. The maximum atomic E-state index is 12.4. The van der Waals surface area contributed by atoms with Gasteiger partial charge in [-0.25, -0.2) is 0 Å². The molecule has 0 aliphatic carbocycles. The molecule has 2 rings (SSSR count). The van der Waals surface area contributed by atoms with E-state index < -0.39 is 11.7 Å². The topological polar surface area (TPSA) is 29.1 Å². The van der Waals surface area contributed by atoms with Crippen LogP contribution in [0.1, 0.15) is 12.0 Å². The number of anilines is 1. The Morgan fingerprint density at radius 3 is 2.75 bits per heavy atom. The number of benzene rings is 1. The van der Waals surface area contributed by atoms with Crippen LogP contribution in [-0.2, 0) is 11.0 Å². The molecule has 0 atom stereocenters. The van der Waals surface area contributed by atoms with Gasteiger partial charge in [-0.2, -0.15) is 13.2 Å². The number of thioether (sulfide) groups is 1. The number of fused-ring (bicyclic) bond motifs is 1. The lowest BCUT2D eigenvalue weighted by molar-refractivity contribution is -0.137. The van der Waals surface area contributed by atoms with Crippen molar-refractivity contribution < 1.29 is 18.0 Å². The minimum Gasteiger partial charge on any atom is -0.325 e.